The molecule has 0 saturated heterocycles. The van der Waals surface area contributed by atoms with Crippen LogP contribution in [0.15, 0.2) is 36.2 Å². The highest BCUT2D eigenvalue weighted by Crippen LogP contribution is 2.28. The van der Waals surface area contributed by atoms with Crippen LogP contribution in [0.25, 0.3) is 0 Å². The van der Waals surface area contributed by atoms with E-state index in [-0.39, 0.29) is 5.78 Å². The highest BCUT2D eigenvalue weighted by atomic mass is 16.5. The maximum absolute atomic E-state index is 11.7. The number of hydrogen-bond donors (Lipinski definition) is 0. The maximum Gasteiger partial charge on any atom is 0.174 e. The van der Waals surface area contributed by atoms with Crippen molar-refractivity contribution in [3.8, 4) is 5.75 Å². The topological polar surface area (TPSA) is 29.5 Å². The van der Waals surface area contributed by atoms with E-state index < -0.39 is 0 Å². The number of benzene rings is 1. The first-order chi connectivity index (χ1) is 7.16. The Morgan fingerprint density at radius 2 is 2.07 bits per heavy atom. The summed E-state index contributed by atoms with van der Waals surface area (Å²) in [6, 6.07) is 7.32. The van der Waals surface area contributed by atoms with E-state index in [2.05, 4.69) is 0 Å². The number of hydrogen-bond acceptors (Lipinski definition) is 3. The van der Waals surface area contributed by atoms with Crippen molar-refractivity contribution >= 4 is 5.78 Å². The molecule has 1 aromatic rings. The molecule has 0 unspecified atom stereocenters. The molecule has 0 saturated carbocycles. The van der Waals surface area contributed by atoms with Gasteiger partial charge >= 0.3 is 0 Å². The molecule has 0 aromatic heterocycles. The van der Waals surface area contributed by atoms with Crippen molar-refractivity contribution in [1.82, 2.24) is 4.90 Å². The van der Waals surface area contributed by atoms with Gasteiger partial charge in [0.1, 0.15) is 11.5 Å². The largest absolute Gasteiger partial charge is 0.459 e. The van der Waals surface area contributed by atoms with Gasteiger partial charge in [-0.15, -0.1) is 0 Å². The highest BCUT2D eigenvalue weighted by molar-refractivity contribution is 6.01. The lowest BCUT2D eigenvalue weighted by atomic mass is 10.0. The Kier molecular flexibility index (Phi) is 2.46. The van der Waals surface area contributed by atoms with E-state index in [0.29, 0.717) is 23.5 Å². The highest BCUT2D eigenvalue weighted by Gasteiger charge is 2.21. The Balaban J connectivity index is 2.34. The first-order valence-corrected chi connectivity index (χ1v) is 4.84. The van der Waals surface area contributed by atoms with Crippen LogP contribution in [0.1, 0.15) is 16.8 Å². The van der Waals surface area contributed by atoms with E-state index in [9.17, 15) is 4.79 Å². The minimum absolute atomic E-state index is 0.116. The zero-order valence-electron chi connectivity index (χ0n) is 8.86. The SMILES string of the molecule is CN(C)C=C1CC(=O)c2ccccc2O1. The van der Waals surface area contributed by atoms with Gasteiger partial charge in [-0.3, -0.25) is 4.79 Å². The van der Waals surface area contributed by atoms with E-state index in [4.69, 9.17) is 4.74 Å². The van der Waals surface area contributed by atoms with Crippen molar-refractivity contribution in [2.24, 2.45) is 0 Å². The molecule has 0 N–H and O–H groups in total. The van der Waals surface area contributed by atoms with Gasteiger partial charge in [-0.05, 0) is 12.1 Å². The number of ketones is 1. The summed E-state index contributed by atoms with van der Waals surface area (Å²) in [5, 5.41) is 0. The second-order valence-corrected chi connectivity index (χ2v) is 3.76. The van der Waals surface area contributed by atoms with Gasteiger partial charge in [-0.1, -0.05) is 12.1 Å². The number of para-hydroxylation sites is 1. The molecule has 3 nitrogen and oxygen atoms in total. The van der Waals surface area contributed by atoms with E-state index in [1.807, 2.05) is 43.4 Å². The molecule has 0 spiro atoms. The number of Topliss-reactive ketones (excluding diaryl/α,β-unsaturated/α-hetero) is 1. The van der Waals surface area contributed by atoms with Gasteiger partial charge in [0, 0.05) is 20.3 Å². The van der Waals surface area contributed by atoms with E-state index >= 15 is 0 Å². The molecule has 3 heteroatoms. The summed E-state index contributed by atoms with van der Waals surface area (Å²) in [5.41, 5.74) is 0.674. The molecule has 1 heterocycles. The maximum atomic E-state index is 11.7. The Labute approximate surface area is 89.0 Å². The van der Waals surface area contributed by atoms with E-state index in [0.717, 1.165) is 0 Å². The predicted octanol–water partition coefficient (Wildman–Crippen LogP) is 2.05. The Hall–Kier alpha value is -1.77. The molecule has 0 amide bonds. The molecule has 15 heavy (non-hydrogen) atoms. The van der Waals surface area contributed by atoms with E-state index in [1.54, 1.807) is 6.07 Å². The molecule has 0 fully saturated rings. The molecular weight excluding hydrogens is 190 g/mol. The second-order valence-electron chi connectivity index (χ2n) is 3.76. The minimum atomic E-state index is 0.116. The summed E-state index contributed by atoms with van der Waals surface area (Å²) in [7, 11) is 3.81. The van der Waals surface area contributed by atoms with Crippen LogP contribution in [0.4, 0.5) is 0 Å². The van der Waals surface area contributed by atoms with Gasteiger partial charge in [-0.25, -0.2) is 0 Å². The summed E-state index contributed by atoms with van der Waals surface area (Å²) in [6.45, 7) is 0. The third kappa shape index (κ3) is 2.01. The number of carbonyl (C=O) groups is 1. The summed E-state index contributed by atoms with van der Waals surface area (Å²) < 4.78 is 5.61. The van der Waals surface area contributed by atoms with Crippen molar-refractivity contribution in [3.05, 3.63) is 41.8 Å². The number of nitrogens with zero attached hydrogens (tertiary/aromatic N) is 1. The zero-order chi connectivity index (χ0) is 10.8. The van der Waals surface area contributed by atoms with Crippen molar-refractivity contribution in [1.29, 1.82) is 0 Å². The molecular formula is C12H13NO2. The summed E-state index contributed by atoms with van der Waals surface area (Å²) >= 11 is 0. The Bertz CT molecular complexity index is 421. The molecule has 1 aliphatic heterocycles. The van der Waals surface area contributed by atoms with Gasteiger partial charge in [0.05, 0.1) is 12.0 Å². The van der Waals surface area contributed by atoms with Gasteiger partial charge in [-0.2, -0.15) is 0 Å². The third-order valence-electron chi connectivity index (χ3n) is 2.17. The lowest BCUT2D eigenvalue weighted by molar-refractivity contribution is 0.0963. The summed E-state index contributed by atoms with van der Waals surface area (Å²) in [6.07, 6.45) is 2.17. The fourth-order valence-corrected chi connectivity index (χ4v) is 1.58. The monoisotopic (exact) mass is 203 g/mol. The standard InChI is InChI=1S/C12H13NO2/c1-13(2)8-9-7-11(14)10-5-3-4-6-12(10)15-9/h3-6,8H,7H2,1-2H3. The van der Waals surface area contributed by atoms with Crippen LogP contribution in [0.2, 0.25) is 0 Å². The van der Waals surface area contributed by atoms with Crippen molar-refractivity contribution in [2.45, 2.75) is 6.42 Å². The number of carbonyl (C=O) groups excluding carboxylic acids is 1. The lowest BCUT2D eigenvalue weighted by Crippen LogP contribution is -2.16. The Morgan fingerprint density at radius 1 is 1.33 bits per heavy atom. The molecule has 0 radical (unpaired) electrons. The molecule has 78 valence electrons. The molecule has 1 aromatic carbocycles. The number of fused-ring (bicyclic) bond motifs is 1. The van der Waals surface area contributed by atoms with Crippen LogP contribution in [0, 0.1) is 0 Å². The van der Waals surface area contributed by atoms with E-state index in [1.165, 1.54) is 0 Å². The van der Waals surface area contributed by atoms with Gasteiger partial charge in [0.15, 0.2) is 5.78 Å². The van der Waals surface area contributed by atoms with Crippen molar-refractivity contribution in [3.63, 3.8) is 0 Å². The second kappa shape index (κ2) is 3.77. The third-order valence-corrected chi connectivity index (χ3v) is 2.17. The van der Waals surface area contributed by atoms with Crippen LogP contribution < -0.4 is 4.74 Å². The average Bonchev–Trinajstić information content (AvgIpc) is 2.16. The number of rotatable bonds is 1. The summed E-state index contributed by atoms with van der Waals surface area (Å²) in [5.74, 6) is 1.47. The normalized spacial score (nSPS) is 17.2. The fraction of sp³-hybridized carbons (Fsp3) is 0.250. The van der Waals surface area contributed by atoms with Crippen LogP contribution in [0.5, 0.6) is 5.75 Å². The molecule has 0 atom stereocenters. The van der Waals surface area contributed by atoms with Crippen LogP contribution in [0.3, 0.4) is 0 Å². The first kappa shape index (κ1) is 9.77. The van der Waals surface area contributed by atoms with Crippen LogP contribution in [-0.4, -0.2) is 24.8 Å². The molecule has 0 bridgehead atoms. The summed E-state index contributed by atoms with van der Waals surface area (Å²) in [4.78, 5) is 13.6. The van der Waals surface area contributed by atoms with Crippen molar-refractivity contribution in [2.75, 3.05) is 14.1 Å². The van der Waals surface area contributed by atoms with Crippen LogP contribution in [-0.2, 0) is 0 Å². The van der Waals surface area contributed by atoms with Crippen molar-refractivity contribution < 1.29 is 9.53 Å². The smallest absolute Gasteiger partial charge is 0.174 e. The van der Waals surface area contributed by atoms with Gasteiger partial charge in [0.2, 0.25) is 0 Å². The number of ether oxygens (including phenoxy) is 1. The zero-order valence-corrected chi connectivity index (χ0v) is 8.86. The average molecular weight is 203 g/mol. The van der Waals surface area contributed by atoms with Gasteiger partial charge < -0.3 is 9.64 Å². The quantitative estimate of drug-likeness (QED) is 0.699. The number of allylic oxidation sites excluding steroid dienone is 1. The van der Waals surface area contributed by atoms with Crippen LogP contribution >= 0.6 is 0 Å². The first-order valence-electron chi connectivity index (χ1n) is 4.84. The minimum Gasteiger partial charge on any atom is -0.459 e. The Morgan fingerprint density at radius 3 is 2.80 bits per heavy atom. The fourth-order valence-electron chi connectivity index (χ4n) is 1.58. The lowest BCUT2D eigenvalue weighted by Gasteiger charge is -2.19. The van der Waals surface area contributed by atoms with Gasteiger partial charge in [0.25, 0.3) is 0 Å². The molecule has 0 aliphatic carbocycles. The predicted molar refractivity (Wildman–Crippen MR) is 57.8 cm³/mol. The molecule has 2 rings (SSSR count). The molecule has 1 aliphatic rings.